The van der Waals surface area contributed by atoms with Crippen molar-refractivity contribution in [2.75, 3.05) is 7.05 Å². The maximum Gasteiger partial charge on any atom is 0.246 e. The molecule has 0 bridgehead atoms. The molecule has 3 saturated carbocycles. The number of likely N-dealkylation sites (N-methyl/N-ethyl adjacent to an activating group) is 1. The number of nitrogens with zero attached hydrogens (tertiary/aromatic N) is 1. The summed E-state index contributed by atoms with van der Waals surface area (Å²) in [7, 11) is 1.98. The highest BCUT2D eigenvalue weighted by Crippen LogP contribution is 2.65. The molecule has 1 N–H and O–H groups in total. The molecular weight excluding hydrogens is 348 g/mol. The molecule has 0 aromatic carbocycles. The summed E-state index contributed by atoms with van der Waals surface area (Å²) in [5, 5.41) is 3.26. The smallest absolute Gasteiger partial charge is 0.246 e. The lowest BCUT2D eigenvalue weighted by Crippen LogP contribution is -2.60. The molecule has 7 atom stereocenters. The monoisotopic (exact) mass is 386 g/mol. The van der Waals surface area contributed by atoms with Gasteiger partial charge in [-0.25, -0.2) is 0 Å². The summed E-state index contributed by atoms with van der Waals surface area (Å²) in [6, 6.07) is 0.331. The molecule has 0 spiro atoms. The molecule has 0 saturated heterocycles. The van der Waals surface area contributed by atoms with Gasteiger partial charge in [0.25, 0.3) is 0 Å². The molecule has 4 heteroatoms. The summed E-state index contributed by atoms with van der Waals surface area (Å²) in [5.41, 5.74) is 0.0384. The van der Waals surface area contributed by atoms with Crippen molar-refractivity contribution in [2.45, 2.75) is 84.7 Å². The van der Waals surface area contributed by atoms with E-state index in [0.717, 1.165) is 19.3 Å². The number of fused-ring (bicyclic) bond motifs is 5. The fraction of sp³-hybridized carbons (Fsp3) is 0.833. The van der Waals surface area contributed by atoms with Gasteiger partial charge in [0.2, 0.25) is 11.8 Å². The van der Waals surface area contributed by atoms with E-state index >= 15 is 0 Å². The summed E-state index contributed by atoms with van der Waals surface area (Å²) in [5.74, 6) is 2.50. The lowest BCUT2D eigenvalue weighted by Gasteiger charge is -2.60. The van der Waals surface area contributed by atoms with Crippen LogP contribution in [-0.4, -0.2) is 35.3 Å². The van der Waals surface area contributed by atoms with Crippen LogP contribution in [0.4, 0.5) is 0 Å². The molecule has 0 aromatic rings. The van der Waals surface area contributed by atoms with Gasteiger partial charge < -0.3 is 10.2 Å². The van der Waals surface area contributed by atoms with Crippen LogP contribution in [-0.2, 0) is 9.59 Å². The first-order valence-electron chi connectivity index (χ1n) is 11.3. The summed E-state index contributed by atoms with van der Waals surface area (Å²) in [6.45, 7) is 11.0. The van der Waals surface area contributed by atoms with E-state index in [4.69, 9.17) is 0 Å². The van der Waals surface area contributed by atoms with Crippen molar-refractivity contribution in [3.63, 3.8) is 0 Å². The Hall–Kier alpha value is -1.32. The predicted molar refractivity (Wildman–Crippen MR) is 111 cm³/mol. The molecule has 156 valence electrons. The third-order valence-electron chi connectivity index (χ3n) is 8.94. The maximum atomic E-state index is 13.1. The number of carbonyl (C=O) groups excluding carboxylic acids is 2. The summed E-state index contributed by atoms with van der Waals surface area (Å²) in [6.07, 6.45) is 10.9. The predicted octanol–water partition coefficient (Wildman–Crippen LogP) is 4.16. The molecule has 3 aliphatic carbocycles. The number of carbonyl (C=O) groups is 2. The molecule has 1 heterocycles. The third-order valence-corrected chi connectivity index (χ3v) is 8.94. The van der Waals surface area contributed by atoms with Crippen LogP contribution in [0.1, 0.15) is 73.1 Å². The molecule has 2 unspecified atom stereocenters. The Morgan fingerprint density at radius 2 is 1.82 bits per heavy atom. The quantitative estimate of drug-likeness (QED) is 0.736. The molecule has 28 heavy (non-hydrogen) atoms. The topological polar surface area (TPSA) is 49.4 Å². The molecule has 1 aliphatic heterocycles. The van der Waals surface area contributed by atoms with Crippen LogP contribution in [0, 0.1) is 34.5 Å². The van der Waals surface area contributed by atoms with Gasteiger partial charge in [-0.15, -0.1) is 0 Å². The van der Waals surface area contributed by atoms with Gasteiger partial charge in [-0.2, -0.15) is 0 Å². The fourth-order valence-electron chi connectivity index (χ4n) is 7.63. The van der Waals surface area contributed by atoms with Gasteiger partial charge in [0, 0.05) is 30.0 Å². The number of hydrogen-bond donors (Lipinski definition) is 1. The first-order chi connectivity index (χ1) is 13.0. The Morgan fingerprint density at radius 3 is 2.50 bits per heavy atom. The Balaban J connectivity index is 1.59. The Labute approximate surface area is 170 Å². The second-order valence-electron chi connectivity index (χ2n) is 11.5. The van der Waals surface area contributed by atoms with Crippen molar-refractivity contribution in [3.8, 4) is 0 Å². The van der Waals surface area contributed by atoms with Gasteiger partial charge in [-0.1, -0.05) is 19.9 Å². The van der Waals surface area contributed by atoms with Crippen LogP contribution in [0.5, 0.6) is 0 Å². The second kappa shape index (κ2) is 6.34. The summed E-state index contributed by atoms with van der Waals surface area (Å²) >= 11 is 0. The van der Waals surface area contributed by atoms with E-state index in [9.17, 15) is 9.59 Å². The van der Waals surface area contributed by atoms with E-state index in [-0.39, 0.29) is 34.1 Å². The van der Waals surface area contributed by atoms with E-state index in [1.165, 1.54) is 19.3 Å². The van der Waals surface area contributed by atoms with Crippen molar-refractivity contribution >= 4 is 11.8 Å². The van der Waals surface area contributed by atoms with E-state index in [1.54, 1.807) is 6.08 Å². The highest BCUT2D eigenvalue weighted by Gasteiger charge is 2.61. The average molecular weight is 387 g/mol. The first kappa shape index (κ1) is 20.0. The van der Waals surface area contributed by atoms with Crippen LogP contribution in [0.25, 0.3) is 0 Å². The molecule has 4 nitrogen and oxygen atoms in total. The van der Waals surface area contributed by atoms with Crippen molar-refractivity contribution in [2.24, 2.45) is 34.5 Å². The molecule has 3 fully saturated rings. The minimum Gasteiger partial charge on any atom is -0.351 e. The standard InChI is InChI=1S/C24H38N2O2/c1-22(2,3)25-21(28)18-9-8-16-15-7-10-19-24(5,14-12-20(27)26(19)6)17(15)11-13-23(16,18)4/h12,14-19H,7-11,13H2,1-6H3,(H,25,28)/t15-,16-,17+,18?,19?,23-,24+/m0/s1. The second-order valence-corrected chi connectivity index (χ2v) is 11.5. The van der Waals surface area contributed by atoms with E-state index < -0.39 is 0 Å². The van der Waals surface area contributed by atoms with E-state index in [0.29, 0.717) is 23.8 Å². The fourth-order valence-corrected chi connectivity index (χ4v) is 7.63. The number of rotatable bonds is 1. The summed E-state index contributed by atoms with van der Waals surface area (Å²) in [4.78, 5) is 27.3. The highest BCUT2D eigenvalue weighted by molar-refractivity contribution is 5.89. The van der Waals surface area contributed by atoms with Crippen LogP contribution in [0.2, 0.25) is 0 Å². The molecule has 4 aliphatic rings. The van der Waals surface area contributed by atoms with Gasteiger partial charge in [0.1, 0.15) is 0 Å². The van der Waals surface area contributed by atoms with E-state index in [1.807, 2.05) is 11.9 Å². The van der Waals surface area contributed by atoms with Gasteiger partial charge in [-0.3, -0.25) is 9.59 Å². The lowest BCUT2D eigenvalue weighted by atomic mass is 9.47. The average Bonchev–Trinajstić information content (AvgIpc) is 2.94. The molecule has 2 amide bonds. The Bertz CT molecular complexity index is 708. The number of amides is 2. The van der Waals surface area contributed by atoms with Gasteiger partial charge in [-0.05, 0) is 88.5 Å². The Morgan fingerprint density at radius 1 is 1.11 bits per heavy atom. The lowest BCUT2D eigenvalue weighted by molar-refractivity contribution is -0.142. The van der Waals surface area contributed by atoms with Crippen molar-refractivity contribution in [1.82, 2.24) is 10.2 Å². The first-order valence-corrected chi connectivity index (χ1v) is 11.3. The normalized spacial score (nSPS) is 45.3. The van der Waals surface area contributed by atoms with Crippen molar-refractivity contribution in [3.05, 3.63) is 12.2 Å². The third kappa shape index (κ3) is 2.85. The van der Waals surface area contributed by atoms with Crippen LogP contribution >= 0.6 is 0 Å². The molecule has 0 aromatic heterocycles. The van der Waals surface area contributed by atoms with Gasteiger partial charge in [0.05, 0.1) is 0 Å². The zero-order valence-corrected chi connectivity index (χ0v) is 18.5. The number of nitrogens with one attached hydrogen (secondary N) is 1. The maximum absolute atomic E-state index is 13.1. The molecular formula is C24H38N2O2. The molecule has 0 radical (unpaired) electrons. The number of hydrogen-bond acceptors (Lipinski definition) is 2. The largest absolute Gasteiger partial charge is 0.351 e. The van der Waals surface area contributed by atoms with Crippen LogP contribution in [0.15, 0.2) is 12.2 Å². The van der Waals surface area contributed by atoms with E-state index in [2.05, 4.69) is 46.0 Å². The summed E-state index contributed by atoms with van der Waals surface area (Å²) < 4.78 is 0. The van der Waals surface area contributed by atoms with Gasteiger partial charge >= 0.3 is 0 Å². The van der Waals surface area contributed by atoms with Crippen molar-refractivity contribution < 1.29 is 9.59 Å². The van der Waals surface area contributed by atoms with Crippen LogP contribution < -0.4 is 5.32 Å². The zero-order valence-electron chi connectivity index (χ0n) is 18.5. The van der Waals surface area contributed by atoms with Crippen LogP contribution in [0.3, 0.4) is 0 Å². The highest BCUT2D eigenvalue weighted by atomic mass is 16.2. The zero-order chi connectivity index (χ0) is 20.5. The van der Waals surface area contributed by atoms with Gasteiger partial charge in [0.15, 0.2) is 0 Å². The van der Waals surface area contributed by atoms with Crippen molar-refractivity contribution in [1.29, 1.82) is 0 Å². The minimum absolute atomic E-state index is 0.0820. The molecule has 4 rings (SSSR count). The Kier molecular flexibility index (Phi) is 4.52. The SMILES string of the molecule is CN1C(=O)C=C[C@@]2(C)C1CC[C@@H]1[C@H]2CC[C@]2(C)C(C(=O)NC(C)(C)C)CC[C@@H]12. The minimum atomic E-state index is -0.168.